The molecule has 0 spiro atoms. The maximum absolute atomic E-state index is 12.2. The summed E-state index contributed by atoms with van der Waals surface area (Å²) in [4.78, 5) is 59.1. The van der Waals surface area contributed by atoms with Crippen molar-refractivity contribution >= 4 is 29.7 Å². The van der Waals surface area contributed by atoms with E-state index in [2.05, 4.69) is 21.3 Å². The van der Waals surface area contributed by atoms with Crippen LogP contribution in [0.4, 0.5) is 4.79 Å². The second-order valence-electron chi connectivity index (χ2n) is 7.26. The molecule has 0 aromatic heterocycles. The van der Waals surface area contributed by atoms with E-state index in [1.807, 2.05) is 13.0 Å². The second-order valence-corrected chi connectivity index (χ2v) is 7.26. The molecular weight excluding hydrogens is 418 g/mol. The smallest absolute Gasteiger partial charge is 0.407 e. The van der Waals surface area contributed by atoms with Gasteiger partial charge >= 0.3 is 6.09 Å². The molecule has 11 nitrogen and oxygen atoms in total. The summed E-state index contributed by atoms with van der Waals surface area (Å²) >= 11 is 0. The van der Waals surface area contributed by atoms with E-state index in [0.29, 0.717) is 6.42 Å². The summed E-state index contributed by atoms with van der Waals surface area (Å²) in [5.74, 6) is -2.62. The number of amides is 5. The number of primary amides is 1. The maximum Gasteiger partial charge on any atom is 0.407 e. The number of carbonyl (C=O) groups excluding carboxylic acids is 5. The number of hydrogen-bond acceptors (Lipinski definition) is 6. The Hall–Kier alpha value is -3.63. The number of carbonyl (C=O) groups is 5. The van der Waals surface area contributed by atoms with Crippen molar-refractivity contribution in [2.75, 3.05) is 13.1 Å². The van der Waals surface area contributed by atoms with Crippen LogP contribution in [0.3, 0.4) is 0 Å². The molecule has 0 aliphatic rings. The summed E-state index contributed by atoms with van der Waals surface area (Å²) < 4.78 is 4.97. The van der Waals surface area contributed by atoms with Crippen LogP contribution in [0.2, 0.25) is 0 Å². The zero-order valence-electron chi connectivity index (χ0n) is 18.5. The van der Waals surface area contributed by atoms with Gasteiger partial charge in [0.1, 0.15) is 25.2 Å². The highest BCUT2D eigenvalue weighted by atomic mass is 16.5. The molecule has 0 unspecified atom stereocenters. The summed E-state index contributed by atoms with van der Waals surface area (Å²) in [5, 5.41) is 9.51. The van der Waals surface area contributed by atoms with Gasteiger partial charge in [-0.3, -0.25) is 19.2 Å². The standard InChI is InChI=1S/C21H31N5O6/c1-4-13(2)18(19(22)29)26-20(30)14(3)25-17(28)11-23-16(27)10-24-21(31)32-12-15-8-6-5-7-9-15/h5-9,13-14,18H,4,10-12H2,1-3H3,(H2,22,29)(H,23,27)(H,24,31)(H,25,28)(H,26,30)/t13-,14-,18+/m0/s1. The van der Waals surface area contributed by atoms with Crippen LogP contribution in [0.25, 0.3) is 0 Å². The molecule has 0 bridgehead atoms. The molecule has 1 rings (SSSR count). The average Bonchev–Trinajstić information content (AvgIpc) is 2.78. The lowest BCUT2D eigenvalue weighted by atomic mass is 9.98. The first-order valence-electron chi connectivity index (χ1n) is 10.2. The minimum atomic E-state index is -0.948. The lowest BCUT2D eigenvalue weighted by Gasteiger charge is -2.23. The molecular formula is C21H31N5O6. The molecule has 0 fully saturated rings. The quantitative estimate of drug-likeness (QED) is 0.289. The van der Waals surface area contributed by atoms with E-state index in [1.54, 1.807) is 31.2 Å². The van der Waals surface area contributed by atoms with Crippen LogP contribution < -0.4 is 27.0 Å². The molecule has 0 aliphatic heterocycles. The van der Waals surface area contributed by atoms with Crippen molar-refractivity contribution in [2.24, 2.45) is 11.7 Å². The van der Waals surface area contributed by atoms with Crippen LogP contribution in [0.15, 0.2) is 30.3 Å². The Bertz CT molecular complexity index is 801. The van der Waals surface area contributed by atoms with Crippen molar-refractivity contribution in [1.82, 2.24) is 21.3 Å². The van der Waals surface area contributed by atoms with E-state index in [0.717, 1.165) is 5.56 Å². The van der Waals surface area contributed by atoms with Crippen molar-refractivity contribution in [2.45, 2.75) is 45.9 Å². The van der Waals surface area contributed by atoms with Gasteiger partial charge in [0, 0.05) is 0 Å². The molecule has 0 saturated heterocycles. The molecule has 5 amide bonds. The molecule has 0 radical (unpaired) electrons. The van der Waals surface area contributed by atoms with E-state index in [9.17, 15) is 24.0 Å². The maximum atomic E-state index is 12.2. The minimum Gasteiger partial charge on any atom is -0.445 e. The van der Waals surface area contributed by atoms with E-state index in [4.69, 9.17) is 10.5 Å². The van der Waals surface area contributed by atoms with Gasteiger partial charge in [0.25, 0.3) is 0 Å². The van der Waals surface area contributed by atoms with Gasteiger partial charge in [-0.1, -0.05) is 50.6 Å². The molecule has 6 N–H and O–H groups in total. The number of rotatable bonds is 12. The van der Waals surface area contributed by atoms with Crippen LogP contribution in [-0.4, -0.2) is 54.9 Å². The summed E-state index contributed by atoms with van der Waals surface area (Å²) in [6, 6.07) is 7.23. The molecule has 11 heteroatoms. The van der Waals surface area contributed by atoms with Gasteiger partial charge in [0.2, 0.25) is 23.6 Å². The Morgan fingerprint density at radius 2 is 1.56 bits per heavy atom. The fourth-order valence-electron chi connectivity index (χ4n) is 2.53. The van der Waals surface area contributed by atoms with Crippen LogP contribution in [0, 0.1) is 5.92 Å². The number of alkyl carbamates (subject to hydrolysis) is 1. The van der Waals surface area contributed by atoms with E-state index >= 15 is 0 Å². The number of nitrogens with two attached hydrogens (primary N) is 1. The predicted molar refractivity (Wildman–Crippen MR) is 116 cm³/mol. The third-order valence-corrected chi connectivity index (χ3v) is 4.64. The number of nitrogens with one attached hydrogen (secondary N) is 4. The second kappa shape index (κ2) is 13.6. The largest absolute Gasteiger partial charge is 0.445 e. The fourth-order valence-corrected chi connectivity index (χ4v) is 2.53. The van der Waals surface area contributed by atoms with Crippen LogP contribution in [-0.2, 0) is 30.5 Å². The first kappa shape index (κ1) is 26.4. The average molecular weight is 450 g/mol. The normalized spacial score (nSPS) is 13.1. The number of ether oxygens (including phenoxy) is 1. The van der Waals surface area contributed by atoms with Crippen molar-refractivity contribution in [3.63, 3.8) is 0 Å². The molecule has 32 heavy (non-hydrogen) atoms. The van der Waals surface area contributed by atoms with Crippen LogP contribution >= 0.6 is 0 Å². The van der Waals surface area contributed by atoms with Crippen molar-refractivity contribution < 1.29 is 28.7 Å². The monoisotopic (exact) mass is 449 g/mol. The number of benzene rings is 1. The number of hydrogen-bond donors (Lipinski definition) is 5. The summed E-state index contributed by atoms with van der Waals surface area (Å²) in [5.41, 5.74) is 6.11. The molecule has 3 atom stereocenters. The topological polar surface area (TPSA) is 169 Å². The summed E-state index contributed by atoms with van der Waals surface area (Å²) in [6.45, 7) is 4.35. The van der Waals surface area contributed by atoms with Crippen LogP contribution in [0.1, 0.15) is 32.8 Å². The molecule has 1 aromatic rings. The van der Waals surface area contributed by atoms with Gasteiger partial charge in [-0.15, -0.1) is 0 Å². The zero-order valence-corrected chi connectivity index (χ0v) is 18.5. The van der Waals surface area contributed by atoms with Crippen molar-refractivity contribution in [3.05, 3.63) is 35.9 Å². The van der Waals surface area contributed by atoms with Crippen molar-refractivity contribution in [3.8, 4) is 0 Å². The third-order valence-electron chi connectivity index (χ3n) is 4.64. The Labute approximate surface area is 186 Å². The van der Waals surface area contributed by atoms with Gasteiger partial charge in [0.05, 0.1) is 6.54 Å². The molecule has 0 heterocycles. The fraction of sp³-hybridized carbons (Fsp3) is 0.476. The Kier molecular flexibility index (Phi) is 11.2. The highest BCUT2D eigenvalue weighted by molar-refractivity contribution is 5.93. The molecule has 0 saturated carbocycles. The van der Waals surface area contributed by atoms with E-state index in [1.165, 1.54) is 6.92 Å². The highest BCUT2D eigenvalue weighted by Gasteiger charge is 2.26. The Morgan fingerprint density at radius 3 is 2.16 bits per heavy atom. The van der Waals surface area contributed by atoms with Gasteiger partial charge in [-0.25, -0.2) is 4.79 Å². The van der Waals surface area contributed by atoms with E-state index < -0.39 is 48.4 Å². The zero-order chi connectivity index (χ0) is 24.1. The SMILES string of the molecule is CC[C@H](C)[C@@H](NC(=O)[C@H](C)NC(=O)CNC(=O)CNC(=O)OCc1ccccc1)C(N)=O. The highest BCUT2D eigenvalue weighted by Crippen LogP contribution is 2.07. The molecule has 1 aromatic carbocycles. The Balaban J connectivity index is 2.30. The Morgan fingerprint density at radius 1 is 0.938 bits per heavy atom. The summed E-state index contributed by atoms with van der Waals surface area (Å²) in [6.07, 6.45) is -0.141. The lowest BCUT2D eigenvalue weighted by molar-refractivity contribution is -0.132. The predicted octanol–water partition coefficient (Wildman–Crippen LogP) is -0.450. The van der Waals surface area contributed by atoms with Crippen LogP contribution in [0.5, 0.6) is 0 Å². The van der Waals surface area contributed by atoms with Gasteiger partial charge in [0.15, 0.2) is 0 Å². The molecule has 176 valence electrons. The molecule has 0 aliphatic carbocycles. The minimum absolute atomic E-state index is 0.0598. The van der Waals surface area contributed by atoms with E-state index in [-0.39, 0.29) is 19.1 Å². The third kappa shape index (κ3) is 9.92. The first-order valence-corrected chi connectivity index (χ1v) is 10.2. The first-order chi connectivity index (χ1) is 15.1. The van der Waals surface area contributed by atoms with Crippen molar-refractivity contribution in [1.29, 1.82) is 0 Å². The van der Waals surface area contributed by atoms with Gasteiger partial charge in [-0.2, -0.15) is 0 Å². The lowest BCUT2D eigenvalue weighted by Crippen LogP contribution is -2.55. The van der Waals surface area contributed by atoms with Gasteiger partial charge in [-0.05, 0) is 18.4 Å². The van der Waals surface area contributed by atoms with Gasteiger partial charge < -0.3 is 31.7 Å². The summed E-state index contributed by atoms with van der Waals surface area (Å²) in [7, 11) is 0.